The number of carbonyl (C=O) groups is 2. The number of rotatable bonds is 7. The van der Waals surface area contributed by atoms with Crippen LogP contribution in [-0.4, -0.2) is 45.6 Å². The number of benzene rings is 1. The highest BCUT2D eigenvalue weighted by atomic mass is 16.6. The molecule has 2 aromatic rings. The Morgan fingerprint density at radius 1 is 1.17 bits per heavy atom. The summed E-state index contributed by atoms with van der Waals surface area (Å²) in [6.45, 7) is 7.94. The van der Waals surface area contributed by atoms with Gasteiger partial charge in [0.2, 0.25) is 0 Å². The second kappa shape index (κ2) is 9.73. The lowest BCUT2D eigenvalue weighted by Crippen LogP contribution is -2.49. The fourth-order valence-electron chi connectivity index (χ4n) is 3.59. The minimum atomic E-state index is -0.502. The Balaban J connectivity index is 1.49. The smallest absolute Gasteiger partial charge is 0.338 e. The summed E-state index contributed by atoms with van der Waals surface area (Å²) >= 11 is 0. The van der Waals surface area contributed by atoms with E-state index < -0.39 is 5.97 Å². The van der Waals surface area contributed by atoms with Gasteiger partial charge in [-0.15, -0.1) is 0 Å². The van der Waals surface area contributed by atoms with Gasteiger partial charge in [-0.05, 0) is 57.4 Å². The molecule has 0 N–H and O–H groups in total. The first-order valence-corrected chi connectivity index (χ1v) is 10.4. The molecule has 0 bridgehead atoms. The lowest BCUT2D eigenvalue weighted by Gasteiger charge is -2.38. The summed E-state index contributed by atoms with van der Waals surface area (Å²) in [7, 11) is 0. The molecule has 3 rings (SSSR count). The predicted octanol–water partition coefficient (Wildman–Crippen LogP) is 3.72. The Hall–Kier alpha value is -2.90. The summed E-state index contributed by atoms with van der Waals surface area (Å²) in [6, 6.07) is 6.96. The Morgan fingerprint density at radius 3 is 2.43 bits per heavy atom. The molecule has 8 heteroatoms. The molecule has 0 aliphatic carbocycles. The van der Waals surface area contributed by atoms with Gasteiger partial charge in [0, 0.05) is 18.0 Å². The molecule has 162 valence electrons. The van der Waals surface area contributed by atoms with Crippen LogP contribution in [0.15, 0.2) is 28.8 Å². The quantitative estimate of drug-likeness (QED) is 0.636. The number of hydrogen-bond acceptors (Lipinski definition) is 7. The van der Waals surface area contributed by atoms with E-state index in [-0.39, 0.29) is 43.0 Å². The molecule has 1 aliphatic heterocycles. The number of piperidine rings is 1. The van der Waals surface area contributed by atoms with Gasteiger partial charge in [0.25, 0.3) is 11.8 Å². The maximum absolute atomic E-state index is 12.5. The molecule has 8 nitrogen and oxygen atoms in total. The molecule has 0 radical (unpaired) electrons. The zero-order chi connectivity index (χ0) is 21.7. The lowest BCUT2D eigenvalue weighted by molar-refractivity contribution is -0.139. The van der Waals surface area contributed by atoms with E-state index in [0.717, 1.165) is 19.3 Å². The normalized spacial score (nSPS) is 19.0. The summed E-state index contributed by atoms with van der Waals surface area (Å²) < 4.78 is 15.9. The van der Waals surface area contributed by atoms with Crippen LogP contribution in [0.5, 0.6) is 5.75 Å². The van der Waals surface area contributed by atoms with Crippen molar-refractivity contribution in [1.82, 2.24) is 15.0 Å². The third kappa shape index (κ3) is 5.37. The van der Waals surface area contributed by atoms with Gasteiger partial charge in [-0.3, -0.25) is 4.79 Å². The molecule has 0 unspecified atom stereocenters. The molecular weight excluding hydrogens is 386 g/mol. The highest BCUT2D eigenvalue weighted by Crippen LogP contribution is 2.23. The van der Waals surface area contributed by atoms with Crippen LogP contribution < -0.4 is 4.74 Å². The van der Waals surface area contributed by atoms with Crippen LogP contribution in [0.2, 0.25) is 0 Å². The topological polar surface area (TPSA) is 94.8 Å². The minimum absolute atomic E-state index is 0.0153. The number of nitrogens with zero attached hydrogens (tertiary/aromatic N) is 3. The highest BCUT2D eigenvalue weighted by molar-refractivity contribution is 5.89. The largest absolute Gasteiger partial charge is 0.484 e. The Labute approximate surface area is 176 Å². The number of carbonyl (C=O) groups excluding carboxylic acids is 2. The van der Waals surface area contributed by atoms with Crippen molar-refractivity contribution in [3.8, 4) is 5.75 Å². The van der Waals surface area contributed by atoms with E-state index in [9.17, 15) is 9.59 Å². The van der Waals surface area contributed by atoms with E-state index in [2.05, 4.69) is 24.0 Å². The van der Waals surface area contributed by atoms with Gasteiger partial charge in [0.15, 0.2) is 19.0 Å². The molecule has 1 fully saturated rings. The zero-order valence-corrected chi connectivity index (χ0v) is 18.0. The Bertz CT molecular complexity index is 852. The molecule has 0 saturated carbocycles. The molecule has 1 aliphatic rings. The minimum Gasteiger partial charge on any atom is -0.484 e. The summed E-state index contributed by atoms with van der Waals surface area (Å²) in [5.74, 6) is 0.975. The van der Waals surface area contributed by atoms with Crippen LogP contribution in [0.3, 0.4) is 0 Å². The van der Waals surface area contributed by atoms with E-state index in [0.29, 0.717) is 17.1 Å². The third-order valence-corrected chi connectivity index (χ3v) is 5.26. The average Bonchev–Trinajstić information content (AvgIpc) is 3.20. The molecule has 1 amide bonds. The van der Waals surface area contributed by atoms with E-state index in [1.54, 1.807) is 24.3 Å². The predicted molar refractivity (Wildman–Crippen MR) is 109 cm³/mol. The zero-order valence-electron chi connectivity index (χ0n) is 18.0. The maximum Gasteiger partial charge on any atom is 0.338 e. The number of hydrogen-bond donors (Lipinski definition) is 0. The number of aromatic nitrogens is 2. The Kier molecular flexibility index (Phi) is 7.07. The number of amides is 1. The lowest BCUT2D eigenvalue weighted by atomic mass is 9.97. The molecule has 30 heavy (non-hydrogen) atoms. The fraction of sp³-hybridized carbons (Fsp3) is 0.545. The van der Waals surface area contributed by atoms with Crippen LogP contribution >= 0.6 is 0 Å². The van der Waals surface area contributed by atoms with Crippen LogP contribution in [0, 0.1) is 0 Å². The summed E-state index contributed by atoms with van der Waals surface area (Å²) in [6.07, 6.45) is 3.19. The summed E-state index contributed by atoms with van der Waals surface area (Å²) in [4.78, 5) is 30.8. The first-order chi connectivity index (χ1) is 14.3. The van der Waals surface area contributed by atoms with E-state index in [4.69, 9.17) is 14.0 Å². The van der Waals surface area contributed by atoms with Gasteiger partial charge < -0.3 is 18.9 Å². The molecule has 2 atom stereocenters. The SMILES string of the molecule is CC(C)c1noc(COC(=O)c2ccc(OCC(=O)N3[C@@H](C)CCC[C@@H]3C)cc2)n1. The monoisotopic (exact) mass is 415 g/mol. The van der Waals surface area contributed by atoms with Crippen molar-refractivity contribution >= 4 is 11.9 Å². The van der Waals surface area contributed by atoms with Gasteiger partial charge in [-0.25, -0.2) is 4.79 Å². The van der Waals surface area contributed by atoms with Crippen molar-refractivity contribution in [3.05, 3.63) is 41.5 Å². The van der Waals surface area contributed by atoms with Gasteiger partial charge in [-0.2, -0.15) is 4.98 Å². The van der Waals surface area contributed by atoms with Crippen LogP contribution in [0.1, 0.15) is 74.9 Å². The molecular formula is C22H29N3O5. The molecule has 0 spiro atoms. The highest BCUT2D eigenvalue weighted by Gasteiger charge is 2.29. The van der Waals surface area contributed by atoms with Crippen molar-refractivity contribution in [2.75, 3.05) is 6.61 Å². The first-order valence-electron chi connectivity index (χ1n) is 10.4. The standard InChI is InChI=1S/C22H29N3O5/c1-14(2)21-23-19(30-24-21)12-29-22(27)17-8-10-18(11-9-17)28-13-20(26)25-15(3)6-5-7-16(25)4/h8-11,14-16H,5-7,12-13H2,1-4H3/t15-,16-/m0/s1. The van der Waals surface area contributed by atoms with Crippen LogP contribution in [0.4, 0.5) is 0 Å². The number of esters is 1. The van der Waals surface area contributed by atoms with Gasteiger partial charge >= 0.3 is 5.97 Å². The maximum atomic E-state index is 12.5. The number of ether oxygens (including phenoxy) is 2. The van der Waals surface area contributed by atoms with Gasteiger partial charge in [-0.1, -0.05) is 19.0 Å². The fourth-order valence-corrected chi connectivity index (χ4v) is 3.59. The third-order valence-electron chi connectivity index (χ3n) is 5.26. The first kappa shape index (κ1) is 21.8. The number of likely N-dealkylation sites (tertiary alicyclic amines) is 1. The van der Waals surface area contributed by atoms with Crippen molar-refractivity contribution in [2.45, 2.75) is 71.6 Å². The summed E-state index contributed by atoms with van der Waals surface area (Å²) in [5, 5.41) is 3.83. The van der Waals surface area contributed by atoms with Crippen LogP contribution in [-0.2, 0) is 16.1 Å². The van der Waals surface area contributed by atoms with Crippen molar-refractivity contribution in [2.24, 2.45) is 0 Å². The van der Waals surface area contributed by atoms with Gasteiger partial charge in [0.1, 0.15) is 5.75 Å². The molecule has 2 heterocycles. The second-order valence-electron chi connectivity index (χ2n) is 8.02. The van der Waals surface area contributed by atoms with Gasteiger partial charge in [0.05, 0.1) is 5.56 Å². The van der Waals surface area contributed by atoms with E-state index in [1.165, 1.54) is 0 Å². The average molecular weight is 415 g/mol. The van der Waals surface area contributed by atoms with Crippen molar-refractivity contribution in [3.63, 3.8) is 0 Å². The van der Waals surface area contributed by atoms with Crippen LogP contribution in [0.25, 0.3) is 0 Å². The van der Waals surface area contributed by atoms with E-state index >= 15 is 0 Å². The van der Waals surface area contributed by atoms with Crippen molar-refractivity contribution in [1.29, 1.82) is 0 Å². The molecule has 1 saturated heterocycles. The second-order valence-corrected chi connectivity index (χ2v) is 8.02. The molecule has 1 aromatic heterocycles. The van der Waals surface area contributed by atoms with E-state index in [1.807, 2.05) is 18.7 Å². The van der Waals surface area contributed by atoms with Crippen molar-refractivity contribution < 1.29 is 23.6 Å². The summed E-state index contributed by atoms with van der Waals surface area (Å²) in [5.41, 5.74) is 0.371. The molecule has 1 aromatic carbocycles. The Morgan fingerprint density at radius 2 is 1.83 bits per heavy atom.